The molecule has 0 amide bonds. The Bertz CT molecular complexity index is 556. The van der Waals surface area contributed by atoms with Gasteiger partial charge in [-0.25, -0.2) is 0 Å². The van der Waals surface area contributed by atoms with E-state index in [9.17, 15) is 13.2 Å². The fraction of sp³-hybridized carbons (Fsp3) is 0.611. The van der Waals surface area contributed by atoms with E-state index < -0.39 is 12.6 Å². The number of nitrogens with zero attached hydrogens (tertiary/aromatic N) is 1. The van der Waals surface area contributed by atoms with Crippen molar-refractivity contribution >= 4 is 5.96 Å². The summed E-state index contributed by atoms with van der Waals surface area (Å²) in [5, 5.41) is 5.65. The molecule has 1 aromatic rings. The van der Waals surface area contributed by atoms with Crippen molar-refractivity contribution < 1.29 is 22.6 Å². The second kappa shape index (κ2) is 10.4. The highest BCUT2D eigenvalue weighted by Crippen LogP contribution is 2.18. The van der Waals surface area contributed by atoms with Crippen LogP contribution >= 0.6 is 0 Å². The van der Waals surface area contributed by atoms with E-state index in [1.807, 2.05) is 24.3 Å². The van der Waals surface area contributed by atoms with Crippen molar-refractivity contribution in [2.75, 3.05) is 26.8 Å². The minimum atomic E-state index is -4.17. The molecule has 1 aromatic carbocycles. The summed E-state index contributed by atoms with van der Waals surface area (Å²) in [6.45, 7) is 2.36. The summed E-state index contributed by atoms with van der Waals surface area (Å²) in [4.78, 5) is 3.92. The summed E-state index contributed by atoms with van der Waals surface area (Å²) in [5.74, 6) is 0.348. The number of ether oxygens (including phenoxy) is 2. The molecule has 0 atom stereocenters. The Balaban J connectivity index is 1.70. The first-order valence-corrected chi connectivity index (χ1v) is 8.75. The first kappa shape index (κ1) is 20.5. The summed E-state index contributed by atoms with van der Waals surface area (Å²) >= 11 is 0. The number of alkyl halides is 3. The SMILES string of the molecule is CN=C(NCCC(F)(F)F)NCc1ccc(COC2CCOCC2)cc1. The molecular formula is C18H26F3N3O2. The van der Waals surface area contributed by atoms with Crippen LogP contribution in [0.4, 0.5) is 13.2 Å². The average Bonchev–Trinajstić information content (AvgIpc) is 2.63. The van der Waals surface area contributed by atoms with E-state index in [0.717, 1.165) is 37.2 Å². The molecule has 2 N–H and O–H groups in total. The smallest absolute Gasteiger partial charge is 0.381 e. The van der Waals surface area contributed by atoms with Crippen LogP contribution < -0.4 is 10.6 Å². The fourth-order valence-corrected chi connectivity index (χ4v) is 2.54. The average molecular weight is 373 g/mol. The Morgan fingerprint density at radius 1 is 1.15 bits per heavy atom. The molecule has 5 nitrogen and oxygen atoms in total. The molecule has 1 saturated heterocycles. The Morgan fingerprint density at radius 2 is 1.81 bits per heavy atom. The predicted octanol–water partition coefficient (Wildman–Crippen LogP) is 3.00. The fourth-order valence-electron chi connectivity index (χ4n) is 2.54. The van der Waals surface area contributed by atoms with Crippen molar-refractivity contribution in [1.29, 1.82) is 0 Å². The van der Waals surface area contributed by atoms with E-state index in [0.29, 0.717) is 19.1 Å². The number of halogens is 3. The van der Waals surface area contributed by atoms with E-state index in [-0.39, 0.29) is 12.6 Å². The third-order valence-electron chi connectivity index (χ3n) is 4.06. The van der Waals surface area contributed by atoms with Gasteiger partial charge >= 0.3 is 6.18 Å². The van der Waals surface area contributed by atoms with Crippen molar-refractivity contribution in [1.82, 2.24) is 10.6 Å². The molecule has 2 rings (SSSR count). The van der Waals surface area contributed by atoms with Crippen LogP contribution in [0.15, 0.2) is 29.3 Å². The topological polar surface area (TPSA) is 54.9 Å². The molecule has 26 heavy (non-hydrogen) atoms. The van der Waals surface area contributed by atoms with Gasteiger partial charge in [0.2, 0.25) is 0 Å². The quantitative estimate of drug-likeness (QED) is 0.570. The maximum atomic E-state index is 12.2. The zero-order valence-corrected chi connectivity index (χ0v) is 14.9. The highest BCUT2D eigenvalue weighted by atomic mass is 19.4. The Labute approximate surface area is 152 Å². The Kier molecular flexibility index (Phi) is 8.18. The molecule has 146 valence electrons. The van der Waals surface area contributed by atoms with Gasteiger partial charge in [-0.1, -0.05) is 24.3 Å². The molecule has 1 heterocycles. The lowest BCUT2D eigenvalue weighted by Gasteiger charge is -2.22. The first-order valence-electron chi connectivity index (χ1n) is 8.75. The number of rotatable bonds is 7. The summed E-state index contributed by atoms with van der Waals surface area (Å²) in [6, 6.07) is 7.93. The van der Waals surface area contributed by atoms with Crippen molar-refractivity contribution in [2.45, 2.75) is 44.7 Å². The summed E-state index contributed by atoms with van der Waals surface area (Å²) in [7, 11) is 1.53. The van der Waals surface area contributed by atoms with Gasteiger partial charge in [-0.15, -0.1) is 0 Å². The molecule has 0 spiro atoms. The number of hydrogen-bond acceptors (Lipinski definition) is 3. The summed E-state index contributed by atoms with van der Waals surface area (Å²) in [6.07, 6.45) is -2.94. The van der Waals surface area contributed by atoms with Crippen molar-refractivity contribution in [2.24, 2.45) is 4.99 Å². The second-order valence-corrected chi connectivity index (χ2v) is 6.16. The van der Waals surface area contributed by atoms with Gasteiger partial charge in [-0.2, -0.15) is 13.2 Å². The highest BCUT2D eigenvalue weighted by molar-refractivity contribution is 5.79. The normalized spacial score (nSPS) is 16.5. The van der Waals surface area contributed by atoms with E-state index in [1.54, 1.807) is 0 Å². The van der Waals surface area contributed by atoms with Gasteiger partial charge in [0.05, 0.1) is 19.1 Å². The van der Waals surface area contributed by atoms with Crippen molar-refractivity contribution in [3.05, 3.63) is 35.4 Å². The molecule has 0 radical (unpaired) electrons. The monoisotopic (exact) mass is 373 g/mol. The van der Waals surface area contributed by atoms with Crippen LogP contribution in [-0.4, -0.2) is 45.0 Å². The van der Waals surface area contributed by atoms with Crippen LogP contribution in [0.1, 0.15) is 30.4 Å². The molecule has 0 unspecified atom stereocenters. The molecular weight excluding hydrogens is 347 g/mol. The second-order valence-electron chi connectivity index (χ2n) is 6.16. The van der Waals surface area contributed by atoms with Gasteiger partial charge in [-0.05, 0) is 24.0 Å². The van der Waals surface area contributed by atoms with Gasteiger partial charge in [0.15, 0.2) is 5.96 Å². The van der Waals surface area contributed by atoms with Crippen molar-refractivity contribution in [3.8, 4) is 0 Å². The summed E-state index contributed by atoms with van der Waals surface area (Å²) in [5.41, 5.74) is 2.10. The minimum Gasteiger partial charge on any atom is -0.381 e. The number of aliphatic imine (C=N–C) groups is 1. The van der Waals surface area contributed by atoms with Crippen LogP contribution in [0.25, 0.3) is 0 Å². The molecule has 0 saturated carbocycles. The maximum Gasteiger partial charge on any atom is 0.390 e. The van der Waals surface area contributed by atoms with Gasteiger partial charge in [0, 0.05) is 33.4 Å². The van der Waals surface area contributed by atoms with Crippen LogP contribution in [0, 0.1) is 0 Å². The van der Waals surface area contributed by atoms with Gasteiger partial charge in [-0.3, -0.25) is 4.99 Å². The third-order valence-corrected chi connectivity index (χ3v) is 4.06. The highest BCUT2D eigenvalue weighted by Gasteiger charge is 2.26. The molecule has 0 bridgehead atoms. The molecule has 1 aliphatic heterocycles. The molecule has 1 fully saturated rings. The lowest BCUT2D eigenvalue weighted by atomic mass is 10.1. The number of guanidine groups is 1. The van der Waals surface area contributed by atoms with E-state index in [2.05, 4.69) is 15.6 Å². The number of nitrogens with one attached hydrogen (secondary N) is 2. The zero-order chi connectivity index (χ0) is 18.8. The van der Waals surface area contributed by atoms with Gasteiger partial charge in [0.1, 0.15) is 0 Å². The van der Waals surface area contributed by atoms with Crippen molar-refractivity contribution in [3.63, 3.8) is 0 Å². The van der Waals surface area contributed by atoms with E-state index >= 15 is 0 Å². The maximum absolute atomic E-state index is 12.2. The van der Waals surface area contributed by atoms with E-state index in [1.165, 1.54) is 7.05 Å². The number of hydrogen-bond donors (Lipinski definition) is 2. The Hall–Kier alpha value is -1.80. The first-order chi connectivity index (χ1) is 12.5. The molecule has 0 aliphatic carbocycles. The largest absolute Gasteiger partial charge is 0.390 e. The van der Waals surface area contributed by atoms with E-state index in [4.69, 9.17) is 9.47 Å². The molecule has 8 heteroatoms. The third kappa shape index (κ3) is 8.05. The van der Waals surface area contributed by atoms with Crippen LogP contribution in [0.3, 0.4) is 0 Å². The summed E-state index contributed by atoms with van der Waals surface area (Å²) < 4.78 is 47.7. The minimum absolute atomic E-state index is 0.203. The van der Waals surface area contributed by atoms with Crippen LogP contribution in [0.5, 0.6) is 0 Å². The standard InChI is InChI=1S/C18H26F3N3O2/c1-22-17(23-9-8-18(19,20)21)24-12-14-2-4-15(5-3-14)13-26-16-6-10-25-11-7-16/h2-5,16H,6-13H2,1H3,(H2,22,23,24). The lowest BCUT2D eigenvalue weighted by molar-refractivity contribution is -0.132. The van der Waals surface area contributed by atoms with Crippen LogP contribution in [-0.2, 0) is 22.6 Å². The van der Waals surface area contributed by atoms with Crippen LogP contribution in [0.2, 0.25) is 0 Å². The lowest BCUT2D eigenvalue weighted by Crippen LogP contribution is -2.38. The van der Waals surface area contributed by atoms with Gasteiger partial charge in [0.25, 0.3) is 0 Å². The molecule has 0 aromatic heterocycles. The zero-order valence-electron chi connectivity index (χ0n) is 14.9. The Morgan fingerprint density at radius 3 is 2.42 bits per heavy atom. The predicted molar refractivity (Wildman–Crippen MR) is 93.9 cm³/mol. The molecule has 1 aliphatic rings. The van der Waals surface area contributed by atoms with Gasteiger partial charge < -0.3 is 20.1 Å². The number of benzene rings is 1.